The number of carbonyl (C=O) groups is 1. The number of urea groups is 1. The van der Waals surface area contributed by atoms with Crippen LogP contribution in [0.2, 0.25) is 0 Å². The molecule has 0 atom stereocenters. The van der Waals surface area contributed by atoms with E-state index in [2.05, 4.69) is 26.1 Å². The Balaban J connectivity index is 1.56. The predicted octanol–water partition coefficient (Wildman–Crippen LogP) is 2.02. The quantitative estimate of drug-likeness (QED) is 0.713. The normalized spacial score (nSPS) is 14.7. The highest BCUT2D eigenvalue weighted by Gasteiger charge is 2.16. The van der Waals surface area contributed by atoms with Crippen LogP contribution in [0, 0.1) is 0 Å². The number of amides is 2. The Labute approximate surface area is 156 Å². The van der Waals surface area contributed by atoms with Crippen LogP contribution in [-0.4, -0.2) is 49.6 Å². The number of ether oxygens (including phenoxy) is 2. The molecule has 1 fully saturated rings. The number of carbonyl (C=O) groups excluding carboxylic acids is 1. The number of aromatic nitrogens is 2. The number of rotatable bonds is 6. The fourth-order valence-electron chi connectivity index (χ4n) is 2.83. The minimum Gasteiger partial charge on any atom is -0.493 e. The van der Waals surface area contributed by atoms with E-state index in [0.29, 0.717) is 23.1 Å². The standard InChI is InChI=1S/C17H23N5O3S/c1-24-13-4-3-11(9-14(13)25-2)10-15-21-22-17(26-15)20-16(23)19-12-5-7-18-8-6-12/h3-4,9,12,18H,5-8,10H2,1-2H3,(H2,19,20,22,23). The summed E-state index contributed by atoms with van der Waals surface area (Å²) in [5.41, 5.74) is 1.03. The SMILES string of the molecule is COc1ccc(Cc2nnc(NC(=O)NC3CCNCC3)s2)cc1OC. The third-order valence-electron chi connectivity index (χ3n) is 4.16. The van der Waals surface area contributed by atoms with Crippen LogP contribution in [0.1, 0.15) is 23.4 Å². The van der Waals surface area contributed by atoms with E-state index in [1.165, 1.54) is 11.3 Å². The van der Waals surface area contributed by atoms with E-state index in [1.54, 1.807) is 14.2 Å². The van der Waals surface area contributed by atoms with E-state index >= 15 is 0 Å². The lowest BCUT2D eigenvalue weighted by Crippen LogP contribution is -2.44. The molecule has 26 heavy (non-hydrogen) atoms. The lowest BCUT2D eigenvalue weighted by molar-refractivity contribution is 0.245. The molecule has 0 saturated carbocycles. The van der Waals surface area contributed by atoms with Crippen molar-refractivity contribution in [2.75, 3.05) is 32.6 Å². The number of anilines is 1. The van der Waals surface area contributed by atoms with Crippen LogP contribution >= 0.6 is 11.3 Å². The third kappa shape index (κ3) is 4.83. The molecule has 1 aromatic heterocycles. The van der Waals surface area contributed by atoms with Crippen molar-refractivity contribution in [3.05, 3.63) is 28.8 Å². The highest BCUT2D eigenvalue weighted by Crippen LogP contribution is 2.29. The molecule has 1 aliphatic heterocycles. The molecule has 9 heteroatoms. The van der Waals surface area contributed by atoms with Gasteiger partial charge >= 0.3 is 6.03 Å². The molecule has 3 N–H and O–H groups in total. The second-order valence-electron chi connectivity index (χ2n) is 5.99. The zero-order valence-electron chi connectivity index (χ0n) is 14.9. The first kappa shape index (κ1) is 18.4. The van der Waals surface area contributed by atoms with Gasteiger partial charge in [0, 0.05) is 12.5 Å². The topological polar surface area (TPSA) is 97.4 Å². The highest BCUT2D eigenvalue weighted by atomic mass is 32.1. The number of nitrogens with zero attached hydrogens (tertiary/aromatic N) is 2. The van der Waals surface area contributed by atoms with E-state index in [1.807, 2.05) is 18.2 Å². The lowest BCUT2D eigenvalue weighted by atomic mass is 10.1. The van der Waals surface area contributed by atoms with Gasteiger partial charge in [0.2, 0.25) is 5.13 Å². The summed E-state index contributed by atoms with van der Waals surface area (Å²) in [7, 11) is 3.21. The second-order valence-corrected chi connectivity index (χ2v) is 7.05. The molecule has 3 rings (SSSR count). The number of methoxy groups -OCH3 is 2. The van der Waals surface area contributed by atoms with E-state index in [4.69, 9.17) is 9.47 Å². The molecule has 0 aliphatic carbocycles. The van der Waals surface area contributed by atoms with Gasteiger partial charge in [-0.3, -0.25) is 5.32 Å². The predicted molar refractivity (Wildman–Crippen MR) is 100 cm³/mol. The Morgan fingerprint density at radius 3 is 2.73 bits per heavy atom. The molecule has 2 amide bonds. The van der Waals surface area contributed by atoms with Crippen LogP contribution in [0.3, 0.4) is 0 Å². The maximum Gasteiger partial charge on any atom is 0.321 e. The average molecular weight is 377 g/mol. The van der Waals surface area contributed by atoms with Crippen LogP contribution in [0.25, 0.3) is 0 Å². The Morgan fingerprint density at radius 2 is 2.00 bits per heavy atom. The van der Waals surface area contributed by atoms with E-state index in [0.717, 1.165) is 36.5 Å². The van der Waals surface area contributed by atoms with Gasteiger partial charge in [-0.05, 0) is 43.6 Å². The Kier molecular flexibility index (Phi) is 6.24. The molecule has 140 valence electrons. The zero-order chi connectivity index (χ0) is 18.4. The Hall–Kier alpha value is -2.39. The van der Waals surface area contributed by atoms with Crippen molar-refractivity contribution in [3.8, 4) is 11.5 Å². The molecule has 2 aromatic rings. The molecule has 0 bridgehead atoms. The first-order chi connectivity index (χ1) is 12.7. The summed E-state index contributed by atoms with van der Waals surface area (Å²) in [5.74, 6) is 1.36. The van der Waals surface area contributed by atoms with E-state index < -0.39 is 0 Å². The smallest absolute Gasteiger partial charge is 0.321 e. The minimum atomic E-state index is -0.231. The molecular weight excluding hydrogens is 354 g/mol. The van der Waals surface area contributed by atoms with Gasteiger partial charge in [-0.25, -0.2) is 4.79 Å². The van der Waals surface area contributed by atoms with Gasteiger partial charge in [0.25, 0.3) is 0 Å². The number of hydrogen-bond donors (Lipinski definition) is 3. The van der Waals surface area contributed by atoms with Gasteiger partial charge in [-0.1, -0.05) is 17.4 Å². The molecule has 1 aromatic carbocycles. The Bertz CT molecular complexity index is 746. The fourth-order valence-corrected chi connectivity index (χ4v) is 3.59. The monoisotopic (exact) mass is 377 g/mol. The van der Waals surface area contributed by atoms with Gasteiger partial charge < -0.3 is 20.1 Å². The minimum absolute atomic E-state index is 0.204. The van der Waals surface area contributed by atoms with Gasteiger partial charge in [-0.2, -0.15) is 0 Å². The van der Waals surface area contributed by atoms with Crippen molar-refractivity contribution in [1.82, 2.24) is 20.8 Å². The van der Waals surface area contributed by atoms with Crippen LogP contribution in [0.15, 0.2) is 18.2 Å². The van der Waals surface area contributed by atoms with Crippen molar-refractivity contribution in [3.63, 3.8) is 0 Å². The zero-order valence-corrected chi connectivity index (χ0v) is 15.7. The summed E-state index contributed by atoms with van der Waals surface area (Å²) in [4.78, 5) is 12.1. The summed E-state index contributed by atoms with van der Waals surface area (Å²) < 4.78 is 10.6. The van der Waals surface area contributed by atoms with E-state index in [9.17, 15) is 4.79 Å². The molecular formula is C17H23N5O3S. The molecule has 0 radical (unpaired) electrons. The molecule has 0 unspecified atom stereocenters. The molecule has 1 saturated heterocycles. The van der Waals surface area contributed by atoms with Crippen LogP contribution in [0.5, 0.6) is 11.5 Å². The summed E-state index contributed by atoms with van der Waals surface area (Å²) in [6.45, 7) is 1.86. The maximum atomic E-state index is 12.1. The number of benzene rings is 1. The lowest BCUT2D eigenvalue weighted by Gasteiger charge is -2.23. The van der Waals surface area contributed by atoms with E-state index in [-0.39, 0.29) is 12.1 Å². The van der Waals surface area contributed by atoms with Gasteiger partial charge in [0.05, 0.1) is 14.2 Å². The number of nitrogens with one attached hydrogen (secondary N) is 3. The van der Waals surface area contributed by atoms with Crippen LogP contribution < -0.4 is 25.4 Å². The first-order valence-corrected chi connectivity index (χ1v) is 9.31. The average Bonchev–Trinajstić information content (AvgIpc) is 3.09. The van der Waals surface area contributed by atoms with Gasteiger partial charge in [-0.15, -0.1) is 10.2 Å². The molecule has 8 nitrogen and oxygen atoms in total. The summed E-state index contributed by atoms with van der Waals surface area (Å²) >= 11 is 1.36. The first-order valence-electron chi connectivity index (χ1n) is 8.49. The number of piperidine rings is 1. The third-order valence-corrected chi connectivity index (χ3v) is 5.00. The summed E-state index contributed by atoms with van der Waals surface area (Å²) in [5, 5.41) is 18.5. The second kappa shape index (κ2) is 8.81. The fraction of sp³-hybridized carbons (Fsp3) is 0.471. The number of hydrogen-bond acceptors (Lipinski definition) is 7. The van der Waals surface area contributed by atoms with Crippen LogP contribution in [0.4, 0.5) is 9.93 Å². The molecule has 1 aliphatic rings. The van der Waals surface area contributed by atoms with Gasteiger partial charge in [0.1, 0.15) is 5.01 Å². The van der Waals surface area contributed by atoms with Crippen molar-refractivity contribution >= 4 is 22.5 Å². The maximum absolute atomic E-state index is 12.1. The molecule has 0 spiro atoms. The van der Waals surface area contributed by atoms with Crippen molar-refractivity contribution in [2.45, 2.75) is 25.3 Å². The van der Waals surface area contributed by atoms with Crippen molar-refractivity contribution in [2.24, 2.45) is 0 Å². The Morgan fingerprint density at radius 1 is 1.23 bits per heavy atom. The van der Waals surface area contributed by atoms with Crippen LogP contribution in [-0.2, 0) is 6.42 Å². The van der Waals surface area contributed by atoms with Crippen molar-refractivity contribution < 1.29 is 14.3 Å². The van der Waals surface area contributed by atoms with Gasteiger partial charge in [0.15, 0.2) is 11.5 Å². The molecule has 2 heterocycles. The highest BCUT2D eigenvalue weighted by molar-refractivity contribution is 7.15. The summed E-state index contributed by atoms with van der Waals surface area (Å²) in [6, 6.07) is 5.71. The largest absolute Gasteiger partial charge is 0.493 e. The van der Waals surface area contributed by atoms with Crippen molar-refractivity contribution in [1.29, 1.82) is 0 Å². The summed E-state index contributed by atoms with van der Waals surface area (Å²) in [6.07, 6.45) is 2.48.